The third-order valence-electron chi connectivity index (χ3n) is 3.48. The highest BCUT2D eigenvalue weighted by Crippen LogP contribution is 2.25. The van der Waals surface area contributed by atoms with Gasteiger partial charge in [0.05, 0.1) is 12.3 Å². The van der Waals surface area contributed by atoms with Crippen LogP contribution in [0.2, 0.25) is 0 Å². The van der Waals surface area contributed by atoms with Gasteiger partial charge in [-0.25, -0.2) is 4.98 Å². The maximum absolute atomic E-state index is 9.21. The number of nitrogens with zero attached hydrogens (tertiary/aromatic N) is 2. The summed E-state index contributed by atoms with van der Waals surface area (Å²) >= 11 is 0. The standard InChI is InChI=1S/C17H18N2O2/c1-12-7-14(10-20)8-13(2)17(12)21-11-15-9-19-6-4-3-5-16(19)18-15/h3-9,20H,10-11H2,1-2H3. The van der Waals surface area contributed by atoms with Gasteiger partial charge in [0.15, 0.2) is 0 Å². The van der Waals surface area contributed by atoms with Crippen molar-refractivity contribution in [3.63, 3.8) is 0 Å². The molecule has 1 aromatic carbocycles. The van der Waals surface area contributed by atoms with E-state index in [1.54, 1.807) is 0 Å². The summed E-state index contributed by atoms with van der Waals surface area (Å²) in [4.78, 5) is 4.52. The molecule has 21 heavy (non-hydrogen) atoms. The molecule has 4 heteroatoms. The molecule has 2 heterocycles. The van der Waals surface area contributed by atoms with Gasteiger partial charge in [-0.05, 0) is 42.7 Å². The number of hydrogen-bond acceptors (Lipinski definition) is 3. The first-order valence-electron chi connectivity index (χ1n) is 6.94. The number of aliphatic hydroxyl groups excluding tert-OH is 1. The largest absolute Gasteiger partial charge is 0.487 e. The van der Waals surface area contributed by atoms with Gasteiger partial charge in [-0.15, -0.1) is 0 Å². The lowest BCUT2D eigenvalue weighted by molar-refractivity contribution is 0.279. The Morgan fingerprint density at radius 2 is 1.95 bits per heavy atom. The lowest BCUT2D eigenvalue weighted by atomic mass is 10.1. The number of aromatic nitrogens is 2. The number of rotatable bonds is 4. The fourth-order valence-electron chi connectivity index (χ4n) is 2.56. The summed E-state index contributed by atoms with van der Waals surface area (Å²) in [7, 11) is 0. The van der Waals surface area contributed by atoms with Crippen molar-refractivity contribution < 1.29 is 9.84 Å². The summed E-state index contributed by atoms with van der Waals surface area (Å²) in [5.74, 6) is 0.865. The van der Waals surface area contributed by atoms with E-state index in [9.17, 15) is 5.11 Å². The Bertz CT molecular complexity index is 721. The third kappa shape index (κ3) is 2.76. The Morgan fingerprint density at radius 1 is 1.19 bits per heavy atom. The summed E-state index contributed by atoms with van der Waals surface area (Å²) in [5, 5.41) is 9.21. The molecule has 0 radical (unpaired) electrons. The molecule has 0 unspecified atom stereocenters. The molecule has 0 aliphatic rings. The molecule has 1 N–H and O–H groups in total. The van der Waals surface area contributed by atoms with Crippen molar-refractivity contribution in [3.05, 3.63) is 65.1 Å². The molecule has 0 saturated heterocycles. The van der Waals surface area contributed by atoms with Gasteiger partial charge < -0.3 is 14.2 Å². The highest BCUT2D eigenvalue weighted by molar-refractivity contribution is 5.43. The normalized spacial score (nSPS) is 11.0. The lowest BCUT2D eigenvalue weighted by Gasteiger charge is -2.12. The van der Waals surface area contributed by atoms with Crippen LogP contribution in [0.4, 0.5) is 0 Å². The van der Waals surface area contributed by atoms with E-state index in [0.717, 1.165) is 33.8 Å². The van der Waals surface area contributed by atoms with Gasteiger partial charge in [-0.3, -0.25) is 0 Å². The fraction of sp³-hybridized carbons (Fsp3) is 0.235. The fourth-order valence-corrected chi connectivity index (χ4v) is 2.56. The second kappa shape index (κ2) is 5.58. The van der Waals surface area contributed by atoms with Gasteiger partial charge in [0.25, 0.3) is 0 Å². The molecule has 0 spiro atoms. The Hall–Kier alpha value is -2.33. The molecule has 0 saturated carbocycles. The average molecular weight is 282 g/mol. The lowest BCUT2D eigenvalue weighted by Crippen LogP contribution is -2.00. The van der Waals surface area contributed by atoms with E-state index in [1.807, 2.05) is 61.0 Å². The van der Waals surface area contributed by atoms with Crippen molar-refractivity contribution >= 4 is 5.65 Å². The summed E-state index contributed by atoms with van der Waals surface area (Å²) in [6.45, 7) is 4.46. The van der Waals surface area contributed by atoms with Crippen LogP contribution < -0.4 is 4.74 Å². The second-order valence-corrected chi connectivity index (χ2v) is 5.20. The first kappa shape index (κ1) is 13.6. The van der Waals surface area contributed by atoms with Crippen LogP contribution in [0.1, 0.15) is 22.4 Å². The number of aryl methyl sites for hydroxylation is 2. The minimum Gasteiger partial charge on any atom is -0.487 e. The molecular weight excluding hydrogens is 264 g/mol. The topological polar surface area (TPSA) is 46.8 Å². The number of pyridine rings is 1. The minimum absolute atomic E-state index is 0.0500. The van der Waals surface area contributed by atoms with Gasteiger partial charge in [0.1, 0.15) is 18.0 Å². The van der Waals surface area contributed by atoms with Crippen LogP contribution in [0.15, 0.2) is 42.7 Å². The van der Waals surface area contributed by atoms with Crippen LogP contribution in [-0.4, -0.2) is 14.5 Å². The summed E-state index contributed by atoms with van der Waals surface area (Å²) in [5.41, 5.74) is 4.78. The number of imidazole rings is 1. The molecule has 0 amide bonds. The maximum Gasteiger partial charge on any atom is 0.137 e. The quantitative estimate of drug-likeness (QED) is 0.800. The van der Waals surface area contributed by atoms with Crippen molar-refractivity contribution in [1.82, 2.24) is 9.38 Å². The number of ether oxygens (including phenoxy) is 1. The van der Waals surface area contributed by atoms with E-state index >= 15 is 0 Å². The Balaban J connectivity index is 1.81. The highest BCUT2D eigenvalue weighted by atomic mass is 16.5. The predicted octanol–water partition coefficient (Wildman–Crippen LogP) is 3.02. The number of hydrogen-bond donors (Lipinski definition) is 1. The summed E-state index contributed by atoms with van der Waals surface area (Å²) in [6, 6.07) is 9.81. The molecule has 108 valence electrons. The molecule has 3 aromatic rings. The van der Waals surface area contributed by atoms with Crippen LogP contribution in [0.3, 0.4) is 0 Å². The van der Waals surface area contributed by atoms with Crippen LogP contribution in [0.25, 0.3) is 5.65 Å². The highest BCUT2D eigenvalue weighted by Gasteiger charge is 2.08. The molecule has 2 aromatic heterocycles. The molecule has 3 rings (SSSR count). The van der Waals surface area contributed by atoms with Gasteiger partial charge in [-0.1, -0.05) is 18.2 Å². The average Bonchev–Trinajstić information content (AvgIpc) is 2.88. The third-order valence-corrected chi connectivity index (χ3v) is 3.48. The minimum atomic E-state index is 0.0500. The molecule has 0 atom stereocenters. The number of fused-ring (bicyclic) bond motifs is 1. The van der Waals surface area contributed by atoms with Crippen LogP contribution in [0, 0.1) is 13.8 Å². The smallest absolute Gasteiger partial charge is 0.137 e. The maximum atomic E-state index is 9.21. The SMILES string of the molecule is Cc1cc(CO)cc(C)c1OCc1cn2ccccc2n1. The zero-order chi connectivity index (χ0) is 14.8. The van der Waals surface area contributed by atoms with E-state index < -0.39 is 0 Å². The van der Waals surface area contributed by atoms with E-state index in [1.165, 1.54) is 0 Å². The zero-order valence-corrected chi connectivity index (χ0v) is 12.2. The van der Waals surface area contributed by atoms with Gasteiger partial charge in [-0.2, -0.15) is 0 Å². The molecule has 0 bridgehead atoms. The van der Waals surface area contributed by atoms with E-state index in [-0.39, 0.29) is 6.61 Å². The van der Waals surface area contributed by atoms with Crippen molar-refractivity contribution in [2.24, 2.45) is 0 Å². The summed E-state index contributed by atoms with van der Waals surface area (Å²) in [6.07, 6.45) is 3.94. The first-order valence-corrected chi connectivity index (χ1v) is 6.94. The van der Waals surface area contributed by atoms with Crippen LogP contribution >= 0.6 is 0 Å². The molecule has 0 aliphatic carbocycles. The molecular formula is C17H18N2O2. The van der Waals surface area contributed by atoms with Crippen molar-refractivity contribution in [2.45, 2.75) is 27.1 Å². The molecule has 4 nitrogen and oxygen atoms in total. The van der Waals surface area contributed by atoms with Crippen molar-refractivity contribution in [3.8, 4) is 5.75 Å². The van der Waals surface area contributed by atoms with Gasteiger partial charge in [0, 0.05) is 12.4 Å². The van der Waals surface area contributed by atoms with E-state index in [0.29, 0.717) is 6.61 Å². The van der Waals surface area contributed by atoms with Gasteiger partial charge >= 0.3 is 0 Å². The number of benzene rings is 1. The Morgan fingerprint density at radius 3 is 2.62 bits per heavy atom. The van der Waals surface area contributed by atoms with Crippen molar-refractivity contribution in [2.75, 3.05) is 0 Å². The van der Waals surface area contributed by atoms with E-state index in [2.05, 4.69) is 4.98 Å². The number of aliphatic hydroxyl groups is 1. The van der Waals surface area contributed by atoms with Gasteiger partial charge in [0.2, 0.25) is 0 Å². The Kier molecular flexibility index (Phi) is 3.62. The van der Waals surface area contributed by atoms with Crippen LogP contribution in [-0.2, 0) is 13.2 Å². The van der Waals surface area contributed by atoms with Crippen molar-refractivity contribution in [1.29, 1.82) is 0 Å². The molecule has 0 aliphatic heterocycles. The monoisotopic (exact) mass is 282 g/mol. The zero-order valence-electron chi connectivity index (χ0n) is 12.2. The first-order chi connectivity index (χ1) is 10.2. The van der Waals surface area contributed by atoms with E-state index in [4.69, 9.17) is 4.74 Å². The molecule has 0 fully saturated rings. The Labute approximate surface area is 123 Å². The summed E-state index contributed by atoms with van der Waals surface area (Å²) < 4.78 is 7.90. The van der Waals surface area contributed by atoms with Crippen LogP contribution in [0.5, 0.6) is 5.75 Å². The predicted molar refractivity (Wildman–Crippen MR) is 81.4 cm³/mol. The second-order valence-electron chi connectivity index (χ2n) is 5.20.